The number of hydrogen-bond acceptors (Lipinski definition) is 5. The molecule has 2 amide bonds. The van der Waals surface area contributed by atoms with Crippen LogP contribution in [0.4, 0.5) is 0 Å². The Hall–Kier alpha value is -2.67. The molecule has 0 spiro atoms. The minimum Gasteiger partial charge on any atom is -0.459 e. The van der Waals surface area contributed by atoms with E-state index in [1.54, 1.807) is 25.4 Å². The zero-order valence-electron chi connectivity index (χ0n) is 13.4. The normalized spacial score (nSPS) is 20.7. The zero-order chi connectivity index (χ0) is 16.9. The van der Waals surface area contributed by atoms with Crippen molar-refractivity contribution in [2.24, 2.45) is 5.92 Å². The first-order valence-corrected chi connectivity index (χ1v) is 7.84. The molecule has 0 radical (unpaired) electrons. The highest BCUT2D eigenvalue weighted by Gasteiger charge is 2.38. The molecule has 1 aliphatic heterocycles. The summed E-state index contributed by atoms with van der Waals surface area (Å²) in [7, 11) is 1.61. The van der Waals surface area contributed by atoms with Crippen molar-refractivity contribution in [2.75, 3.05) is 20.1 Å². The first kappa shape index (κ1) is 16.2. The minimum atomic E-state index is -0.304. The van der Waals surface area contributed by atoms with E-state index < -0.39 is 0 Å². The molecule has 7 nitrogen and oxygen atoms in total. The molecule has 0 saturated carbocycles. The molecule has 1 saturated heterocycles. The van der Waals surface area contributed by atoms with Crippen molar-refractivity contribution in [1.29, 1.82) is 0 Å². The maximum Gasteiger partial charge on any atom is 0.287 e. The second-order valence-corrected chi connectivity index (χ2v) is 5.83. The van der Waals surface area contributed by atoms with Crippen LogP contribution in [0.2, 0.25) is 0 Å². The number of carbonyl (C=O) groups is 2. The Morgan fingerprint density at radius 2 is 2.21 bits per heavy atom. The van der Waals surface area contributed by atoms with Crippen molar-refractivity contribution in [3.63, 3.8) is 0 Å². The van der Waals surface area contributed by atoms with Gasteiger partial charge in [0.2, 0.25) is 5.91 Å². The highest BCUT2D eigenvalue weighted by atomic mass is 16.3. The van der Waals surface area contributed by atoms with Gasteiger partial charge >= 0.3 is 0 Å². The van der Waals surface area contributed by atoms with E-state index in [4.69, 9.17) is 4.42 Å². The standard InChI is InChI=1S/C17H20N4O3/c1-18-16(22)13-10-21(9-12-4-2-6-19-8-12)11-14(13)20-17(23)15-5-3-7-24-15/h2-8,13-14H,9-11H2,1H3,(H,18,22)(H,20,23)/t13-,14-/m0/s1. The Morgan fingerprint density at radius 1 is 1.33 bits per heavy atom. The molecule has 24 heavy (non-hydrogen) atoms. The van der Waals surface area contributed by atoms with Gasteiger partial charge in [-0.15, -0.1) is 0 Å². The van der Waals surface area contributed by atoms with Gasteiger partial charge in [-0.05, 0) is 23.8 Å². The highest BCUT2D eigenvalue weighted by molar-refractivity contribution is 5.92. The molecule has 0 aliphatic carbocycles. The van der Waals surface area contributed by atoms with Crippen molar-refractivity contribution in [1.82, 2.24) is 20.5 Å². The Bertz CT molecular complexity index is 687. The van der Waals surface area contributed by atoms with Gasteiger partial charge in [-0.25, -0.2) is 0 Å². The number of nitrogens with one attached hydrogen (secondary N) is 2. The van der Waals surface area contributed by atoms with Crippen molar-refractivity contribution >= 4 is 11.8 Å². The molecule has 2 aromatic rings. The molecule has 2 atom stereocenters. The van der Waals surface area contributed by atoms with Crippen LogP contribution in [0.25, 0.3) is 0 Å². The van der Waals surface area contributed by atoms with E-state index in [0.29, 0.717) is 19.6 Å². The number of carbonyl (C=O) groups excluding carboxylic acids is 2. The summed E-state index contributed by atoms with van der Waals surface area (Å²) in [6.07, 6.45) is 4.99. The number of aromatic nitrogens is 1. The van der Waals surface area contributed by atoms with Crippen LogP contribution in [0, 0.1) is 5.92 Å². The van der Waals surface area contributed by atoms with Gasteiger partial charge in [-0.2, -0.15) is 0 Å². The number of rotatable bonds is 5. The maximum atomic E-state index is 12.2. The van der Waals surface area contributed by atoms with Crippen LogP contribution in [0.3, 0.4) is 0 Å². The quantitative estimate of drug-likeness (QED) is 0.841. The zero-order valence-corrected chi connectivity index (χ0v) is 13.4. The van der Waals surface area contributed by atoms with Gasteiger partial charge in [0.25, 0.3) is 5.91 Å². The van der Waals surface area contributed by atoms with Crippen LogP contribution < -0.4 is 10.6 Å². The highest BCUT2D eigenvalue weighted by Crippen LogP contribution is 2.20. The molecule has 1 aliphatic rings. The van der Waals surface area contributed by atoms with Gasteiger partial charge in [-0.1, -0.05) is 6.07 Å². The fourth-order valence-electron chi connectivity index (χ4n) is 3.01. The Labute approximate surface area is 140 Å². The molecule has 2 N–H and O–H groups in total. The predicted octanol–water partition coefficient (Wildman–Crippen LogP) is 0.651. The van der Waals surface area contributed by atoms with Gasteiger partial charge < -0.3 is 15.1 Å². The molecule has 7 heteroatoms. The van der Waals surface area contributed by atoms with E-state index in [1.165, 1.54) is 6.26 Å². The summed E-state index contributed by atoms with van der Waals surface area (Å²) in [5, 5.41) is 5.59. The lowest BCUT2D eigenvalue weighted by atomic mass is 10.0. The van der Waals surface area contributed by atoms with Crippen LogP contribution in [-0.4, -0.2) is 47.9 Å². The van der Waals surface area contributed by atoms with Crippen LogP contribution in [0.5, 0.6) is 0 Å². The lowest BCUT2D eigenvalue weighted by molar-refractivity contribution is -0.124. The van der Waals surface area contributed by atoms with Gasteiger partial charge in [-0.3, -0.25) is 19.5 Å². The molecular weight excluding hydrogens is 308 g/mol. The van der Waals surface area contributed by atoms with E-state index in [-0.39, 0.29) is 29.5 Å². The van der Waals surface area contributed by atoms with Crippen molar-refractivity contribution < 1.29 is 14.0 Å². The lowest BCUT2D eigenvalue weighted by Gasteiger charge is -2.17. The average molecular weight is 328 g/mol. The third-order valence-corrected chi connectivity index (χ3v) is 4.17. The van der Waals surface area contributed by atoms with E-state index in [9.17, 15) is 9.59 Å². The number of hydrogen-bond donors (Lipinski definition) is 2. The van der Waals surface area contributed by atoms with Crippen molar-refractivity contribution in [3.8, 4) is 0 Å². The van der Waals surface area contributed by atoms with Crippen LogP contribution in [0.15, 0.2) is 47.3 Å². The summed E-state index contributed by atoms with van der Waals surface area (Å²) in [6.45, 7) is 1.87. The first-order valence-electron chi connectivity index (χ1n) is 7.84. The van der Waals surface area contributed by atoms with Crippen molar-refractivity contribution in [2.45, 2.75) is 12.6 Å². The Morgan fingerprint density at radius 3 is 2.88 bits per heavy atom. The number of likely N-dealkylation sites (tertiary alicyclic amines) is 1. The summed E-state index contributed by atoms with van der Waals surface area (Å²) >= 11 is 0. The fraction of sp³-hybridized carbons (Fsp3) is 0.353. The molecule has 0 aromatic carbocycles. The first-order chi connectivity index (χ1) is 11.7. The van der Waals surface area contributed by atoms with Gasteiger partial charge in [0.1, 0.15) is 0 Å². The summed E-state index contributed by atoms with van der Waals surface area (Å²) in [4.78, 5) is 30.6. The van der Waals surface area contributed by atoms with E-state index >= 15 is 0 Å². The molecular formula is C17H20N4O3. The molecule has 2 aromatic heterocycles. The third-order valence-electron chi connectivity index (χ3n) is 4.17. The van der Waals surface area contributed by atoms with Crippen LogP contribution in [0.1, 0.15) is 16.1 Å². The Kier molecular flexibility index (Phi) is 4.90. The molecule has 0 unspecified atom stereocenters. The lowest BCUT2D eigenvalue weighted by Crippen LogP contribution is -2.45. The summed E-state index contributed by atoms with van der Waals surface area (Å²) in [5.41, 5.74) is 1.08. The minimum absolute atomic E-state index is 0.0755. The molecule has 126 valence electrons. The van der Waals surface area contributed by atoms with Crippen LogP contribution >= 0.6 is 0 Å². The summed E-state index contributed by atoms with van der Waals surface area (Å²) in [5.74, 6) is -0.433. The number of amides is 2. The maximum absolute atomic E-state index is 12.2. The monoisotopic (exact) mass is 328 g/mol. The second-order valence-electron chi connectivity index (χ2n) is 5.83. The number of furan rings is 1. The predicted molar refractivity (Wildman–Crippen MR) is 87.0 cm³/mol. The molecule has 3 rings (SSSR count). The van der Waals surface area contributed by atoms with Gasteiger partial charge in [0.15, 0.2) is 5.76 Å². The second kappa shape index (κ2) is 7.27. The van der Waals surface area contributed by atoms with Gasteiger partial charge in [0.05, 0.1) is 18.2 Å². The molecule has 1 fully saturated rings. The largest absolute Gasteiger partial charge is 0.459 e. The SMILES string of the molecule is CNC(=O)[C@H]1CN(Cc2cccnc2)C[C@@H]1NC(=O)c1ccco1. The van der Waals surface area contributed by atoms with Gasteiger partial charge in [0, 0.05) is 39.1 Å². The molecule has 0 bridgehead atoms. The van der Waals surface area contributed by atoms with E-state index in [1.807, 2.05) is 18.3 Å². The Balaban J connectivity index is 1.68. The number of nitrogens with zero attached hydrogens (tertiary/aromatic N) is 2. The average Bonchev–Trinajstić information content (AvgIpc) is 3.25. The van der Waals surface area contributed by atoms with Crippen molar-refractivity contribution in [3.05, 3.63) is 54.2 Å². The van der Waals surface area contributed by atoms with Crippen LogP contribution in [-0.2, 0) is 11.3 Å². The van der Waals surface area contributed by atoms with E-state index in [0.717, 1.165) is 5.56 Å². The third kappa shape index (κ3) is 3.62. The summed E-state index contributed by atoms with van der Waals surface area (Å²) < 4.78 is 5.12. The smallest absolute Gasteiger partial charge is 0.287 e. The molecule has 3 heterocycles. The fourth-order valence-corrected chi connectivity index (χ4v) is 3.01. The topological polar surface area (TPSA) is 87.5 Å². The summed E-state index contributed by atoms with van der Waals surface area (Å²) in [6, 6.07) is 6.88. The van der Waals surface area contributed by atoms with E-state index in [2.05, 4.69) is 20.5 Å². The number of pyridine rings is 1.